The maximum Gasteiger partial charge on any atom is 0.253 e. The third kappa shape index (κ3) is 3.46. The van der Waals surface area contributed by atoms with Crippen molar-refractivity contribution in [2.45, 2.75) is 12.5 Å². The van der Waals surface area contributed by atoms with E-state index in [-0.39, 0.29) is 10.6 Å². The van der Waals surface area contributed by atoms with Crippen molar-refractivity contribution in [3.63, 3.8) is 0 Å². The summed E-state index contributed by atoms with van der Waals surface area (Å²) in [7, 11) is 0. The van der Waals surface area contributed by atoms with Gasteiger partial charge in [-0.05, 0) is 30.2 Å². The first kappa shape index (κ1) is 18.1. The van der Waals surface area contributed by atoms with E-state index in [2.05, 4.69) is 5.32 Å². The summed E-state index contributed by atoms with van der Waals surface area (Å²) in [5, 5.41) is 2.77. The lowest BCUT2D eigenvalue weighted by Crippen LogP contribution is -2.44. The lowest BCUT2D eigenvalue weighted by molar-refractivity contribution is 0.0918. The quantitative estimate of drug-likeness (QED) is 0.618. The number of halogens is 3. The SMILES string of the molecule is CC(NC(=O)c1cc(F)c(F)cc1Cl)(c1ccccc1)c1ccccc1. The Hall–Kier alpha value is -2.72. The fourth-order valence-electron chi connectivity index (χ4n) is 2.84. The van der Waals surface area contributed by atoms with Gasteiger partial charge in [-0.1, -0.05) is 72.3 Å². The molecule has 3 rings (SSSR count). The van der Waals surface area contributed by atoms with Crippen LogP contribution in [0, 0.1) is 11.6 Å². The Morgan fingerprint density at radius 3 is 1.85 bits per heavy atom. The van der Waals surface area contributed by atoms with Crippen molar-refractivity contribution in [2.75, 3.05) is 0 Å². The molecule has 1 N–H and O–H groups in total. The third-order valence-corrected chi connectivity index (χ3v) is 4.63. The van der Waals surface area contributed by atoms with Gasteiger partial charge in [0.05, 0.1) is 16.1 Å². The molecule has 26 heavy (non-hydrogen) atoms. The van der Waals surface area contributed by atoms with Crippen LogP contribution in [0.2, 0.25) is 5.02 Å². The van der Waals surface area contributed by atoms with Crippen LogP contribution in [-0.2, 0) is 5.54 Å². The number of amides is 1. The molecule has 0 bridgehead atoms. The predicted octanol–water partition coefficient (Wildman–Crippen LogP) is 5.31. The van der Waals surface area contributed by atoms with E-state index in [9.17, 15) is 13.6 Å². The average Bonchev–Trinajstić information content (AvgIpc) is 2.66. The molecular formula is C21H16ClF2NO. The number of rotatable bonds is 4. The van der Waals surface area contributed by atoms with Crippen molar-refractivity contribution in [2.24, 2.45) is 0 Å². The number of carbonyl (C=O) groups is 1. The molecule has 0 saturated heterocycles. The van der Waals surface area contributed by atoms with Crippen molar-refractivity contribution in [1.82, 2.24) is 5.32 Å². The Kier molecular flexibility index (Phi) is 5.05. The molecule has 3 aromatic carbocycles. The van der Waals surface area contributed by atoms with Crippen molar-refractivity contribution in [1.29, 1.82) is 0 Å². The molecule has 0 spiro atoms. The monoisotopic (exact) mass is 371 g/mol. The average molecular weight is 372 g/mol. The molecule has 0 unspecified atom stereocenters. The van der Waals surface area contributed by atoms with Gasteiger partial charge in [0.2, 0.25) is 0 Å². The second kappa shape index (κ2) is 7.26. The highest BCUT2D eigenvalue weighted by atomic mass is 35.5. The van der Waals surface area contributed by atoms with E-state index in [1.807, 2.05) is 67.6 Å². The third-order valence-electron chi connectivity index (χ3n) is 4.32. The zero-order valence-corrected chi connectivity index (χ0v) is 14.7. The van der Waals surface area contributed by atoms with Crippen LogP contribution in [0.1, 0.15) is 28.4 Å². The topological polar surface area (TPSA) is 29.1 Å². The minimum Gasteiger partial charge on any atom is -0.339 e. The van der Waals surface area contributed by atoms with Gasteiger partial charge in [-0.2, -0.15) is 0 Å². The zero-order valence-electron chi connectivity index (χ0n) is 14.0. The molecule has 0 heterocycles. The van der Waals surface area contributed by atoms with Gasteiger partial charge in [0.15, 0.2) is 11.6 Å². The Morgan fingerprint density at radius 2 is 1.35 bits per heavy atom. The Bertz CT molecular complexity index is 890. The van der Waals surface area contributed by atoms with E-state index in [4.69, 9.17) is 11.6 Å². The molecular weight excluding hydrogens is 356 g/mol. The first-order valence-electron chi connectivity index (χ1n) is 8.00. The highest BCUT2D eigenvalue weighted by Crippen LogP contribution is 2.30. The van der Waals surface area contributed by atoms with E-state index < -0.39 is 23.1 Å². The number of hydrogen-bond donors (Lipinski definition) is 1. The van der Waals surface area contributed by atoms with Gasteiger partial charge >= 0.3 is 0 Å². The van der Waals surface area contributed by atoms with Crippen molar-refractivity contribution in [3.05, 3.63) is 106 Å². The lowest BCUT2D eigenvalue weighted by Gasteiger charge is -2.32. The van der Waals surface area contributed by atoms with Gasteiger partial charge in [0.1, 0.15) is 0 Å². The highest BCUT2D eigenvalue weighted by Gasteiger charge is 2.31. The van der Waals surface area contributed by atoms with Crippen molar-refractivity contribution in [3.8, 4) is 0 Å². The Morgan fingerprint density at radius 1 is 0.885 bits per heavy atom. The molecule has 0 fully saturated rings. The van der Waals surface area contributed by atoms with E-state index in [1.54, 1.807) is 0 Å². The smallest absolute Gasteiger partial charge is 0.253 e. The molecule has 132 valence electrons. The minimum absolute atomic E-state index is 0.122. The molecule has 0 saturated carbocycles. The second-order valence-electron chi connectivity index (χ2n) is 6.06. The summed E-state index contributed by atoms with van der Waals surface area (Å²) in [5.41, 5.74) is 0.688. The number of carbonyl (C=O) groups excluding carboxylic acids is 1. The molecule has 0 aliphatic rings. The van der Waals surface area contributed by atoms with Crippen LogP contribution in [0.15, 0.2) is 72.8 Å². The van der Waals surface area contributed by atoms with E-state index in [0.717, 1.165) is 23.3 Å². The molecule has 0 aliphatic carbocycles. The van der Waals surface area contributed by atoms with Crippen molar-refractivity contribution >= 4 is 17.5 Å². The summed E-state index contributed by atoms with van der Waals surface area (Å²) in [5.74, 6) is -2.81. The second-order valence-corrected chi connectivity index (χ2v) is 6.46. The summed E-state index contributed by atoms with van der Waals surface area (Å²) in [6, 6.07) is 20.4. The van der Waals surface area contributed by atoms with Gasteiger partial charge in [-0.15, -0.1) is 0 Å². The molecule has 0 atom stereocenters. The number of benzene rings is 3. The van der Waals surface area contributed by atoms with Gasteiger partial charge in [-0.3, -0.25) is 4.79 Å². The summed E-state index contributed by atoms with van der Waals surface area (Å²) in [6.07, 6.45) is 0. The van der Waals surface area contributed by atoms with E-state index in [1.165, 1.54) is 0 Å². The normalized spacial score (nSPS) is 11.2. The van der Waals surface area contributed by atoms with Gasteiger partial charge in [-0.25, -0.2) is 8.78 Å². The minimum atomic E-state index is -1.12. The fraction of sp³-hybridized carbons (Fsp3) is 0.0952. The Balaban J connectivity index is 2.05. The Labute approximate surface area is 155 Å². The molecule has 1 amide bonds. The maximum atomic E-state index is 13.6. The van der Waals surface area contributed by atoms with Crippen LogP contribution in [0.25, 0.3) is 0 Å². The molecule has 5 heteroatoms. The standard InChI is InChI=1S/C21H16ClF2NO/c1-21(14-8-4-2-5-9-14,15-10-6-3-7-11-15)25-20(26)16-12-18(23)19(24)13-17(16)22/h2-13H,1H3,(H,25,26). The predicted molar refractivity (Wildman–Crippen MR) is 98.2 cm³/mol. The summed E-state index contributed by atoms with van der Waals surface area (Å²) in [4.78, 5) is 12.8. The molecule has 2 nitrogen and oxygen atoms in total. The van der Waals surface area contributed by atoms with Gasteiger partial charge in [0, 0.05) is 0 Å². The number of nitrogens with one attached hydrogen (secondary N) is 1. The van der Waals surface area contributed by atoms with E-state index >= 15 is 0 Å². The fourth-order valence-corrected chi connectivity index (χ4v) is 3.08. The van der Waals surface area contributed by atoms with Crippen LogP contribution in [0.5, 0.6) is 0 Å². The molecule has 0 aromatic heterocycles. The van der Waals surface area contributed by atoms with Crippen LogP contribution in [-0.4, -0.2) is 5.91 Å². The van der Waals surface area contributed by atoms with Gasteiger partial charge < -0.3 is 5.32 Å². The zero-order chi connectivity index (χ0) is 18.7. The summed E-state index contributed by atoms with van der Waals surface area (Å²) < 4.78 is 26.9. The molecule has 0 aliphatic heterocycles. The first-order valence-corrected chi connectivity index (χ1v) is 8.38. The molecule has 3 aromatic rings. The summed E-state index contributed by atoms with van der Waals surface area (Å²) >= 11 is 5.95. The van der Waals surface area contributed by atoms with Gasteiger partial charge in [0.25, 0.3) is 5.91 Å². The van der Waals surface area contributed by atoms with Crippen LogP contribution in [0.3, 0.4) is 0 Å². The first-order chi connectivity index (χ1) is 12.4. The maximum absolute atomic E-state index is 13.6. The van der Waals surface area contributed by atoms with Crippen LogP contribution in [0.4, 0.5) is 8.78 Å². The van der Waals surface area contributed by atoms with Crippen molar-refractivity contribution < 1.29 is 13.6 Å². The molecule has 0 radical (unpaired) electrons. The largest absolute Gasteiger partial charge is 0.339 e. The number of hydrogen-bond acceptors (Lipinski definition) is 1. The summed E-state index contributed by atoms with van der Waals surface area (Å²) in [6.45, 7) is 1.85. The lowest BCUT2D eigenvalue weighted by atomic mass is 9.84. The van der Waals surface area contributed by atoms with Crippen LogP contribution >= 0.6 is 11.6 Å². The van der Waals surface area contributed by atoms with Crippen LogP contribution < -0.4 is 5.32 Å². The van der Waals surface area contributed by atoms with E-state index in [0.29, 0.717) is 0 Å². The highest BCUT2D eigenvalue weighted by molar-refractivity contribution is 6.33.